The smallest absolute Gasteiger partial charge is 0.273 e. The molecule has 1 aromatic rings. The minimum absolute atomic E-state index is 0.123. The van der Waals surface area contributed by atoms with Crippen molar-refractivity contribution < 1.29 is 18.2 Å². The van der Waals surface area contributed by atoms with E-state index in [-0.39, 0.29) is 17.1 Å². The van der Waals surface area contributed by atoms with E-state index in [9.17, 15) is 18.5 Å². The molecule has 0 bridgehead atoms. The number of benzene rings is 1. The number of hydroxylamine groups is 1. The number of nitro benzene ring substituents is 1. The zero-order valence-corrected chi connectivity index (χ0v) is 10.5. The summed E-state index contributed by atoms with van der Waals surface area (Å²) >= 11 is 0. The lowest BCUT2D eigenvalue weighted by Crippen LogP contribution is -2.26. The Morgan fingerprint density at radius 2 is 2.17 bits per heavy atom. The summed E-state index contributed by atoms with van der Waals surface area (Å²) in [6, 6.07) is 3.83. The van der Waals surface area contributed by atoms with Crippen molar-refractivity contribution in [1.29, 1.82) is 0 Å². The number of nitrogens with zero attached hydrogens (tertiary/aromatic N) is 2. The lowest BCUT2D eigenvalue weighted by Gasteiger charge is -2.14. The SMILES string of the molecule is Cc1ccc(S(=O)(=O)N2CCCO2)cc1[N+](=O)[O-]. The molecule has 1 aliphatic heterocycles. The molecule has 0 saturated carbocycles. The van der Waals surface area contributed by atoms with E-state index in [0.717, 1.165) is 10.5 Å². The molecule has 1 heterocycles. The fraction of sp³-hybridized carbons (Fsp3) is 0.400. The Kier molecular flexibility index (Phi) is 3.33. The van der Waals surface area contributed by atoms with E-state index in [1.165, 1.54) is 12.1 Å². The minimum atomic E-state index is -3.80. The fourth-order valence-electron chi connectivity index (χ4n) is 1.68. The van der Waals surface area contributed by atoms with Gasteiger partial charge in [-0.1, -0.05) is 10.5 Å². The third kappa shape index (κ3) is 2.22. The van der Waals surface area contributed by atoms with Crippen molar-refractivity contribution >= 4 is 15.7 Å². The molecule has 18 heavy (non-hydrogen) atoms. The quantitative estimate of drug-likeness (QED) is 0.609. The van der Waals surface area contributed by atoms with Gasteiger partial charge in [-0.3, -0.25) is 15.0 Å². The number of aryl methyl sites for hydroxylation is 1. The highest BCUT2D eigenvalue weighted by Gasteiger charge is 2.30. The third-order valence-corrected chi connectivity index (χ3v) is 4.34. The number of sulfonamides is 1. The van der Waals surface area contributed by atoms with Crippen LogP contribution in [0.1, 0.15) is 12.0 Å². The van der Waals surface area contributed by atoms with Gasteiger partial charge in [0, 0.05) is 18.2 Å². The Bertz CT molecular complexity index is 578. The molecule has 0 aliphatic carbocycles. The fourth-order valence-corrected chi connectivity index (χ4v) is 3.00. The van der Waals surface area contributed by atoms with E-state index in [1.807, 2.05) is 0 Å². The molecule has 0 N–H and O–H groups in total. The van der Waals surface area contributed by atoms with Crippen LogP contribution in [0.3, 0.4) is 0 Å². The molecule has 7 nitrogen and oxygen atoms in total. The van der Waals surface area contributed by atoms with Crippen LogP contribution in [0.15, 0.2) is 23.1 Å². The maximum Gasteiger partial charge on any atom is 0.273 e. The van der Waals surface area contributed by atoms with Crippen molar-refractivity contribution in [3.8, 4) is 0 Å². The third-order valence-electron chi connectivity index (χ3n) is 2.66. The maximum absolute atomic E-state index is 12.1. The number of nitro groups is 1. The van der Waals surface area contributed by atoms with Crippen molar-refractivity contribution in [3.05, 3.63) is 33.9 Å². The van der Waals surface area contributed by atoms with Gasteiger partial charge in [0.15, 0.2) is 0 Å². The molecule has 0 amide bonds. The van der Waals surface area contributed by atoms with E-state index >= 15 is 0 Å². The summed E-state index contributed by atoms with van der Waals surface area (Å²) in [4.78, 5) is 15.0. The molecule has 2 rings (SSSR count). The highest BCUT2D eigenvalue weighted by atomic mass is 32.2. The van der Waals surface area contributed by atoms with E-state index < -0.39 is 14.9 Å². The molecule has 0 atom stereocenters. The first-order valence-electron chi connectivity index (χ1n) is 5.33. The van der Waals surface area contributed by atoms with Gasteiger partial charge in [0.25, 0.3) is 15.7 Å². The van der Waals surface area contributed by atoms with Gasteiger partial charge in [-0.2, -0.15) is 0 Å². The highest BCUT2D eigenvalue weighted by molar-refractivity contribution is 7.89. The van der Waals surface area contributed by atoms with Crippen molar-refractivity contribution in [2.45, 2.75) is 18.2 Å². The maximum atomic E-state index is 12.1. The predicted molar refractivity (Wildman–Crippen MR) is 62.3 cm³/mol. The van der Waals surface area contributed by atoms with Gasteiger partial charge in [-0.25, -0.2) is 8.42 Å². The van der Waals surface area contributed by atoms with Gasteiger partial charge < -0.3 is 0 Å². The zero-order valence-electron chi connectivity index (χ0n) is 9.70. The Labute approximate surface area is 104 Å². The van der Waals surface area contributed by atoms with Crippen LogP contribution in [-0.2, 0) is 14.9 Å². The second-order valence-electron chi connectivity index (χ2n) is 3.92. The van der Waals surface area contributed by atoms with Gasteiger partial charge in [0.2, 0.25) is 0 Å². The van der Waals surface area contributed by atoms with E-state index in [1.54, 1.807) is 6.92 Å². The van der Waals surface area contributed by atoms with Gasteiger partial charge in [0.1, 0.15) is 0 Å². The van der Waals surface area contributed by atoms with Crippen LogP contribution in [0.2, 0.25) is 0 Å². The second-order valence-corrected chi connectivity index (χ2v) is 5.75. The summed E-state index contributed by atoms with van der Waals surface area (Å²) in [5.41, 5.74) is 0.205. The molecule has 98 valence electrons. The van der Waals surface area contributed by atoms with Gasteiger partial charge in [0.05, 0.1) is 16.4 Å². The van der Waals surface area contributed by atoms with Crippen LogP contribution in [-0.4, -0.2) is 31.0 Å². The van der Waals surface area contributed by atoms with E-state index in [2.05, 4.69) is 0 Å². The van der Waals surface area contributed by atoms with E-state index in [4.69, 9.17) is 4.84 Å². The number of hydrogen-bond acceptors (Lipinski definition) is 5. The van der Waals surface area contributed by atoms with E-state index in [0.29, 0.717) is 18.6 Å². The summed E-state index contributed by atoms with van der Waals surface area (Å²) in [6.45, 7) is 2.16. The zero-order chi connectivity index (χ0) is 13.3. The number of rotatable bonds is 3. The molecule has 1 saturated heterocycles. The minimum Gasteiger partial charge on any atom is -0.284 e. The highest BCUT2D eigenvalue weighted by Crippen LogP contribution is 2.25. The van der Waals surface area contributed by atoms with Crippen LogP contribution in [0.5, 0.6) is 0 Å². The second kappa shape index (κ2) is 4.63. The average molecular weight is 272 g/mol. The lowest BCUT2D eigenvalue weighted by atomic mass is 10.2. The first-order valence-corrected chi connectivity index (χ1v) is 6.77. The topological polar surface area (TPSA) is 89.8 Å². The van der Waals surface area contributed by atoms with Crippen LogP contribution in [0, 0.1) is 17.0 Å². The summed E-state index contributed by atoms with van der Waals surface area (Å²) in [5, 5.41) is 10.8. The Balaban J connectivity index is 2.45. The lowest BCUT2D eigenvalue weighted by molar-refractivity contribution is -0.385. The first-order chi connectivity index (χ1) is 8.43. The summed E-state index contributed by atoms with van der Waals surface area (Å²) < 4.78 is 25.1. The van der Waals surface area contributed by atoms with Crippen molar-refractivity contribution in [3.63, 3.8) is 0 Å². The molecule has 8 heteroatoms. The largest absolute Gasteiger partial charge is 0.284 e. The average Bonchev–Trinajstić information content (AvgIpc) is 2.82. The van der Waals surface area contributed by atoms with Gasteiger partial charge in [-0.15, -0.1) is 0 Å². The molecule has 0 spiro atoms. The normalized spacial score (nSPS) is 16.9. The predicted octanol–water partition coefficient (Wildman–Crippen LogP) is 1.23. The molecular formula is C10H12N2O5S. The van der Waals surface area contributed by atoms with Crippen LogP contribution < -0.4 is 0 Å². The van der Waals surface area contributed by atoms with Crippen LogP contribution in [0.4, 0.5) is 5.69 Å². The molecule has 0 unspecified atom stereocenters. The van der Waals surface area contributed by atoms with Crippen LogP contribution in [0.25, 0.3) is 0 Å². The van der Waals surface area contributed by atoms with Gasteiger partial charge in [-0.05, 0) is 19.4 Å². The summed E-state index contributed by atoms with van der Waals surface area (Å²) in [7, 11) is -3.80. The van der Waals surface area contributed by atoms with Crippen molar-refractivity contribution in [1.82, 2.24) is 4.47 Å². The Hall–Kier alpha value is -1.51. The molecule has 0 radical (unpaired) electrons. The molecule has 0 aromatic heterocycles. The monoisotopic (exact) mass is 272 g/mol. The molecule has 1 aromatic carbocycles. The molecule has 1 fully saturated rings. The van der Waals surface area contributed by atoms with Crippen LogP contribution >= 0.6 is 0 Å². The summed E-state index contributed by atoms with van der Waals surface area (Å²) in [5.74, 6) is 0. The standard InChI is InChI=1S/C10H12N2O5S/c1-8-3-4-9(7-10(8)12(13)14)18(15,16)11-5-2-6-17-11/h3-4,7H,2,5-6H2,1H3. The summed E-state index contributed by atoms with van der Waals surface area (Å²) in [6.07, 6.45) is 0.618. The Morgan fingerprint density at radius 1 is 1.44 bits per heavy atom. The van der Waals surface area contributed by atoms with Gasteiger partial charge >= 0.3 is 0 Å². The first kappa shape index (κ1) is 12.9. The molecule has 1 aliphatic rings. The number of hydrogen-bond donors (Lipinski definition) is 0. The molecular weight excluding hydrogens is 260 g/mol. The van der Waals surface area contributed by atoms with Crippen molar-refractivity contribution in [2.75, 3.05) is 13.2 Å². The van der Waals surface area contributed by atoms with Crippen molar-refractivity contribution in [2.24, 2.45) is 0 Å². The Morgan fingerprint density at radius 3 is 2.72 bits per heavy atom.